The number of carbonyl (C=O) groups is 2. The Balaban J connectivity index is 1.42. The average molecular weight is 679 g/mol. The van der Waals surface area contributed by atoms with Crippen molar-refractivity contribution in [3.8, 4) is 17.2 Å². The van der Waals surface area contributed by atoms with Crippen LogP contribution >= 0.6 is 0 Å². The molecule has 3 aliphatic heterocycles. The Morgan fingerprint density at radius 3 is 2.15 bits per heavy atom. The average Bonchev–Trinajstić information content (AvgIpc) is 3.36. The van der Waals surface area contributed by atoms with Crippen molar-refractivity contribution in [2.45, 2.75) is 36.3 Å². The van der Waals surface area contributed by atoms with Gasteiger partial charge in [-0.05, 0) is 88.4 Å². The van der Waals surface area contributed by atoms with Gasteiger partial charge in [0.05, 0.1) is 37.0 Å². The van der Waals surface area contributed by atoms with Gasteiger partial charge in [-0.25, -0.2) is 13.2 Å². The zero-order valence-corrected chi connectivity index (χ0v) is 28.6. The molecule has 3 heterocycles. The van der Waals surface area contributed by atoms with E-state index in [2.05, 4.69) is 16.8 Å². The van der Waals surface area contributed by atoms with Gasteiger partial charge in [-0.2, -0.15) is 4.31 Å². The molecule has 2 amide bonds. The Labute approximate surface area is 281 Å². The highest BCUT2D eigenvalue weighted by Crippen LogP contribution is 2.52. The van der Waals surface area contributed by atoms with E-state index in [0.717, 1.165) is 30.2 Å². The van der Waals surface area contributed by atoms with Crippen LogP contribution in [0.4, 0.5) is 10.5 Å². The third-order valence-corrected chi connectivity index (χ3v) is 11.2. The predicted molar refractivity (Wildman–Crippen MR) is 179 cm³/mol. The number of rotatable bonds is 9. The van der Waals surface area contributed by atoms with E-state index in [1.807, 2.05) is 0 Å². The van der Waals surface area contributed by atoms with Gasteiger partial charge >= 0.3 is 6.09 Å². The summed E-state index contributed by atoms with van der Waals surface area (Å²) in [4.78, 5) is 35.4. The number of benzene rings is 3. The van der Waals surface area contributed by atoms with Gasteiger partial charge in [-0.15, -0.1) is 0 Å². The molecule has 0 aromatic heterocycles. The van der Waals surface area contributed by atoms with Gasteiger partial charge in [-0.1, -0.05) is 18.2 Å². The summed E-state index contributed by atoms with van der Waals surface area (Å²) in [5.74, 6) is 0.126. The lowest BCUT2D eigenvalue weighted by atomic mass is 9.86. The Morgan fingerprint density at radius 1 is 0.854 bits per heavy atom. The van der Waals surface area contributed by atoms with Gasteiger partial charge in [0.15, 0.2) is 0 Å². The van der Waals surface area contributed by atoms with Crippen LogP contribution in [0.25, 0.3) is 0 Å². The molecule has 13 heteroatoms. The predicted octanol–water partition coefficient (Wildman–Crippen LogP) is 3.93. The zero-order valence-electron chi connectivity index (χ0n) is 27.8. The Bertz CT molecular complexity index is 1750. The fourth-order valence-electron chi connectivity index (χ4n) is 6.84. The van der Waals surface area contributed by atoms with Crippen LogP contribution in [0, 0.1) is 0 Å². The molecule has 1 unspecified atom stereocenters. The third-order valence-electron chi connectivity index (χ3n) is 9.47. The molecule has 0 saturated carbocycles. The van der Waals surface area contributed by atoms with Crippen molar-refractivity contribution in [1.82, 2.24) is 14.7 Å². The maximum Gasteiger partial charge on any atom is 0.411 e. The molecule has 0 N–H and O–H groups in total. The van der Waals surface area contributed by atoms with Crippen molar-refractivity contribution >= 4 is 27.7 Å². The molecule has 0 radical (unpaired) electrons. The number of carbonyl (C=O) groups excluding carboxylic acids is 2. The van der Waals surface area contributed by atoms with Crippen LogP contribution in [0.1, 0.15) is 30.9 Å². The second-order valence-electron chi connectivity index (χ2n) is 12.2. The van der Waals surface area contributed by atoms with Crippen molar-refractivity contribution < 1.29 is 37.0 Å². The van der Waals surface area contributed by atoms with E-state index in [1.165, 1.54) is 44.6 Å². The molecule has 12 nitrogen and oxygen atoms in total. The lowest BCUT2D eigenvalue weighted by Crippen LogP contribution is -2.55. The van der Waals surface area contributed by atoms with Crippen molar-refractivity contribution in [2.75, 3.05) is 71.4 Å². The number of piperidine rings is 1. The number of piperazine rings is 1. The summed E-state index contributed by atoms with van der Waals surface area (Å²) >= 11 is 0. The maximum atomic E-state index is 15.0. The summed E-state index contributed by atoms with van der Waals surface area (Å²) in [6.07, 6.45) is 1.42. The molecular weight excluding hydrogens is 636 g/mol. The topological polar surface area (TPSA) is 118 Å². The molecule has 0 bridgehead atoms. The Morgan fingerprint density at radius 2 is 1.50 bits per heavy atom. The van der Waals surface area contributed by atoms with Gasteiger partial charge < -0.3 is 28.7 Å². The highest BCUT2D eigenvalue weighted by Gasteiger charge is 2.61. The monoisotopic (exact) mass is 678 g/mol. The van der Waals surface area contributed by atoms with Gasteiger partial charge in [0.1, 0.15) is 17.2 Å². The number of hydrogen-bond acceptors (Lipinski definition) is 10. The first-order valence-corrected chi connectivity index (χ1v) is 17.6. The standard InChI is InChI=1S/C35H42N4O8S/c1-5-46-32-9-7-6-8-29(32)35(47-34(41)38-22-20-37(21-23-38)25-16-18-36(2)19-17-25)30-24-27(45-4)12-15-31(30)39(33(35)40)48(42,43)28-13-10-26(44-3)11-14-28/h6-15,24-25H,5,16-23H2,1-4H3. The molecule has 3 aromatic rings. The van der Waals surface area contributed by atoms with Crippen molar-refractivity contribution in [3.05, 3.63) is 77.9 Å². The van der Waals surface area contributed by atoms with Crippen molar-refractivity contribution in [3.63, 3.8) is 0 Å². The fraction of sp³-hybridized carbons (Fsp3) is 0.429. The Kier molecular flexibility index (Phi) is 9.55. The minimum atomic E-state index is -4.50. The molecule has 48 heavy (non-hydrogen) atoms. The van der Waals surface area contributed by atoms with E-state index in [9.17, 15) is 13.2 Å². The number of para-hydroxylation sites is 1. The zero-order chi connectivity index (χ0) is 34.1. The molecule has 3 aliphatic rings. The summed E-state index contributed by atoms with van der Waals surface area (Å²) in [6.45, 7) is 6.28. The van der Waals surface area contributed by atoms with E-state index in [0.29, 0.717) is 43.7 Å². The van der Waals surface area contributed by atoms with Crippen LogP contribution in [0.5, 0.6) is 17.2 Å². The summed E-state index contributed by atoms with van der Waals surface area (Å²) in [5, 5.41) is 0. The van der Waals surface area contributed by atoms with E-state index in [4.69, 9.17) is 18.9 Å². The summed E-state index contributed by atoms with van der Waals surface area (Å²) in [5.41, 5.74) is -1.81. The molecule has 0 spiro atoms. The molecule has 1 atom stereocenters. The molecule has 2 fully saturated rings. The lowest BCUT2D eigenvalue weighted by molar-refractivity contribution is -0.132. The van der Waals surface area contributed by atoms with Crippen LogP contribution < -0.4 is 18.5 Å². The van der Waals surface area contributed by atoms with Crippen LogP contribution in [0.3, 0.4) is 0 Å². The van der Waals surface area contributed by atoms with Gasteiger partial charge in [-0.3, -0.25) is 9.69 Å². The van der Waals surface area contributed by atoms with E-state index >= 15 is 4.79 Å². The molecule has 256 valence electrons. The van der Waals surface area contributed by atoms with E-state index in [-0.39, 0.29) is 34.1 Å². The molecule has 0 aliphatic carbocycles. The number of anilines is 1. The second kappa shape index (κ2) is 13.7. The summed E-state index contributed by atoms with van der Waals surface area (Å²) in [7, 11) is 0.572. The fourth-order valence-corrected chi connectivity index (χ4v) is 8.29. The number of amides is 2. The first-order chi connectivity index (χ1) is 23.1. The highest BCUT2D eigenvalue weighted by molar-refractivity contribution is 7.93. The van der Waals surface area contributed by atoms with Gasteiger partial charge in [0, 0.05) is 37.8 Å². The number of ether oxygens (including phenoxy) is 4. The largest absolute Gasteiger partial charge is 0.497 e. The first-order valence-electron chi connectivity index (χ1n) is 16.2. The van der Waals surface area contributed by atoms with E-state index in [1.54, 1.807) is 48.2 Å². The number of likely N-dealkylation sites (tertiary alicyclic amines) is 1. The lowest BCUT2D eigenvalue weighted by Gasteiger charge is -2.42. The van der Waals surface area contributed by atoms with Crippen LogP contribution in [0.15, 0.2) is 71.6 Å². The van der Waals surface area contributed by atoms with Crippen LogP contribution in [-0.2, 0) is 25.2 Å². The smallest absolute Gasteiger partial charge is 0.411 e. The number of nitrogens with zero attached hydrogens (tertiary/aromatic N) is 4. The normalized spacial score (nSPS) is 20.8. The second-order valence-corrected chi connectivity index (χ2v) is 14.0. The molecule has 2 saturated heterocycles. The number of fused-ring (bicyclic) bond motifs is 1. The molecule has 6 rings (SSSR count). The summed E-state index contributed by atoms with van der Waals surface area (Å²) in [6, 6.07) is 17.5. The third kappa shape index (κ3) is 5.95. The van der Waals surface area contributed by atoms with Crippen molar-refractivity contribution in [1.29, 1.82) is 0 Å². The van der Waals surface area contributed by atoms with Gasteiger partial charge in [0.25, 0.3) is 15.9 Å². The van der Waals surface area contributed by atoms with Crippen LogP contribution in [0.2, 0.25) is 0 Å². The van der Waals surface area contributed by atoms with Crippen LogP contribution in [-0.4, -0.2) is 108 Å². The number of methoxy groups -OCH3 is 2. The minimum absolute atomic E-state index is 0.0443. The first kappa shape index (κ1) is 33.6. The molecular formula is C35H42N4O8S. The van der Waals surface area contributed by atoms with Crippen molar-refractivity contribution in [2.24, 2.45) is 0 Å². The Hall–Kier alpha value is -4.33. The van der Waals surface area contributed by atoms with Gasteiger partial charge in [0.2, 0.25) is 5.60 Å². The number of hydrogen-bond donors (Lipinski definition) is 0. The minimum Gasteiger partial charge on any atom is -0.497 e. The highest BCUT2D eigenvalue weighted by atomic mass is 32.2. The molecule has 3 aromatic carbocycles. The summed E-state index contributed by atoms with van der Waals surface area (Å²) < 4.78 is 52.5. The maximum absolute atomic E-state index is 15.0. The van der Waals surface area contributed by atoms with E-state index < -0.39 is 27.6 Å². The quantitative estimate of drug-likeness (QED) is 0.330. The number of sulfonamides is 1. The SMILES string of the molecule is CCOc1ccccc1C1(OC(=O)N2CCN(C3CCN(C)CC3)CC2)C(=O)N(S(=O)(=O)c2ccc(OC)cc2)c2ccc(OC)cc21.